The zero-order chi connectivity index (χ0) is 10.9. The molecule has 0 radical (unpaired) electrons. The number of hydrogen-bond acceptors (Lipinski definition) is 3. The maximum Gasteiger partial charge on any atom is 0.229 e. The van der Waals surface area contributed by atoms with Gasteiger partial charge in [-0.15, -0.1) is 0 Å². The summed E-state index contributed by atoms with van der Waals surface area (Å²) in [5.41, 5.74) is 0. The molecule has 1 fully saturated rings. The summed E-state index contributed by atoms with van der Waals surface area (Å²) in [6.07, 6.45) is 0.141. The lowest BCUT2D eigenvalue weighted by Gasteiger charge is -2.34. The molecule has 0 saturated carbocycles. The van der Waals surface area contributed by atoms with E-state index in [9.17, 15) is 14.7 Å². The fraction of sp³-hybridized carbons (Fsp3) is 0.800. The topological polar surface area (TPSA) is 57.6 Å². The minimum Gasteiger partial charge on any atom is -0.391 e. The van der Waals surface area contributed by atoms with Crippen LogP contribution in [0.15, 0.2) is 0 Å². The van der Waals surface area contributed by atoms with Gasteiger partial charge in [0.15, 0.2) is 0 Å². The Labute approximate surface area is 83.9 Å². The van der Waals surface area contributed by atoms with Gasteiger partial charge >= 0.3 is 0 Å². The van der Waals surface area contributed by atoms with Crippen molar-refractivity contribution in [2.75, 3.05) is 0 Å². The van der Waals surface area contributed by atoms with Crippen LogP contribution in [-0.4, -0.2) is 34.0 Å². The molecule has 0 aromatic heterocycles. The number of nitrogens with zero attached hydrogens (tertiary/aromatic N) is 1. The van der Waals surface area contributed by atoms with Crippen molar-refractivity contribution < 1.29 is 14.7 Å². The summed E-state index contributed by atoms with van der Waals surface area (Å²) in [5.74, 6) is -0.197. The molecule has 1 heterocycles. The Balaban J connectivity index is 2.77. The molecular weight excluding hydrogens is 182 g/mol. The Hall–Kier alpha value is -0.900. The first-order valence-electron chi connectivity index (χ1n) is 4.96. The van der Waals surface area contributed by atoms with E-state index in [-0.39, 0.29) is 17.7 Å². The number of carbonyl (C=O) groups is 2. The Bertz CT molecular complexity index is 232. The highest BCUT2D eigenvalue weighted by Gasteiger charge is 2.34. The highest BCUT2D eigenvalue weighted by Crippen LogP contribution is 2.21. The van der Waals surface area contributed by atoms with Gasteiger partial charge in [0.05, 0.1) is 12.1 Å². The molecular formula is C10H17NO3. The minimum absolute atomic E-state index is 0.132. The van der Waals surface area contributed by atoms with Crippen molar-refractivity contribution >= 4 is 11.8 Å². The van der Waals surface area contributed by atoms with Crippen molar-refractivity contribution in [3.05, 3.63) is 0 Å². The van der Waals surface area contributed by atoms with Crippen molar-refractivity contribution in [1.82, 2.24) is 4.90 Å². The third-order valence-corrected chi connectivity index (χ3v) is 2.69. The van der Waals surface area contributed by atoms with E-state index in [1.165, 1.54) is 4.90 Å². The van der Waals surface area contributed by atoms with Crippen LogP contribution in [0.25, 0.3) is 0 Å². The van der Waals surface area contributed by atoms with Gasteiger partial charge < -0.3 is 5.11 Å². The summed E-state index contributed by atoms with van der Waals surface area (Å²) in [6.45, 7) is 5.17. The second-order valence-corrected chi connectivity index (χ2v) is 4.15. The number of piperidine rings is 1. The van der Waals surface area contributed by atoms with Gasteiger partial charge in [0.2, 0.25) is 11.8 Å². The van der Waals surface area contributed by atoms with Crippen molar-refractivity contribution in [2.45, 2.75) is 45.8 Å². The summed E-state index contributed by atoms with van der Waals surface area (Å²) in [6, 6.07) is -0.414. The second-order valence-electron chi connectivity index (χ2n) is 4.15. The summed E-state index contributed by atoms with van der Waals surface area (Å²) in [7, 11) is 0. The second kappa shape index (κ2) is 4.09. The molecule has 0 aliphatic carbocycles. The van der Waals surface area contributed by atoms with Crippen LogP contribution < -0.4 is 0 Å². The van der Waals surface area contributed by atoms with Gasteiger partial charge in [0.25, 0.3) is 0 Å². The Kier molecular flexibility index (Phi) is 3.26. The van der Waals surface area contributed by atoms with Crippen LogP contribution in [0, 0.1) is 5.92 Å². The van der Waals surface area contributed by atoms with Crippen molar-refractivity contribution in [2.24, 2.45) is 5.92 Å². The van der Waals surface area contributed by atoms with Crippen LogP contribution in [0.4, 0.5) is 0 Å². The van der Waals surface area contributed by atoms with E-state index in [0.29, 0.717) is 12.8 Å². The van der Waals surface area contributed by atoms with Gasteiger partial charge in [-0.3, -0.25) is 14.5 Å². The molecule has 2 unspecified atom stereocenters. The number of likely N-dealkylation sites (tertiary alicyclic amines) is 1. The molecule has 0 spiro atoms. The van der Waals surface area contributed by atoms with Gasteiger partial charge in [-0.1, -0.05) is 6.92 Å². The summed E-state index contributed by atoms with van der Waals surface area (Å²) in [5, 5.41) is 9.33. The molecule has 4 nitrogen and oxygen atoms in total. The molecule has 0 aromatic carbocycles. The van der Waals surface area contributed by atoms with E-state index in [0.717, 1.165) is 0 Å². The number of carbonyl (C=O) groups excluding carboxylic acids is 2. The number of imide groups is 1. The van der Waals surface area contributed by atoms with Crippen LogP contribution in [0.2, 0.25) is 0 Å². The molecule has 80 valence electrons. The molecule has 1 N–H and O–H groups in total. The zero-order valence-electron chi connectivity index (χ0n) is 8.86. The van der Waals surface area contributed by atoms with Gasteiger partial charge in [0.1, 0.15) is 0 Å². The number of aliphatic hydroxyl groups excluding tert-OH is 1. The third-order valence-electron chi connectivity index (χ3n) is 2.69. The lowest BCUT2D eigenvalue weighted by Crippen LogP contribution is -2.51. The SMILES string of the molecule is CC1CC(=O)N(C(C)C(C)O)C(=O)C1. The maximum atomic E-state index is 11.6. The monoisotopic (exact) mass is 199 g/mol. The van der Waals surface area contributed by atoms with Gasteiger partial charge in [0, 0.05) is 12.8 Å². The predicted molar refractivity (Wildman–Crippen MR) is 51.4 cm³/mol. The summed E-state index contributed by atoms with van der Waals surface area (Å²) < 4.78 is 0. The normalized spacial score (nSPS) is 23.9. The van der Waals surface area contributed by atoms with E-state index in [2.05, 4.69) is 0 Å². The molecule has 1 rings (SSSR count). The number of aliphatic hydroxyl groups is 1. The Morgan fingerprint density at radius 1 is 1.29 bits per heavy atom. The molecule has 1 aliphatic heterocycles. The smallest absolute Gasteiger partial charge is 0.229 e. The van der Waals surface area contributed by atoms with Gasteiger partial charge in [-0.25, -0.2) is 0 Å². The van der Waals surface area contributed by atoms with Crippen LogP contribution in [-0.2, 0) is 9.59 Å². The van der Waals surface area contributed by atoms with Crippen LogP contribution >= 0.6 is 0 Å². The highest BCUT2D eigenvalue weighted by atomic mass is 16.3. The van der Waals surface area contributed by atoms with E-state index in [4.69, 9.17) is 0 Å². The first kappa shape index (κ1) is 11.2. The van der Waals surface area contributed by atoms with E-state index < -0.39 is 12.1 Å². The molecule has 14 heavy (non-hydrogen) atoms. The largest absolute Gasteiger partial charge is 0.391 e. The summed E-state index contributed by atoms with van der Waals surface area (Å²) >= 11 is 0. The average Bonchev–Trinajstić information content (AvgIpc) is 2.01. The van der Waals surface area contributed by atoms with Gasteiger partial charge in [-0.05, 0) is 19.8 Å². The van der Waals surface area contributed by atoms with Crippen molar-refractivity contribution in [1.29, 1.82) is 0 Å². The standard InChI is InChI=1S/C10H17NO3/c1-6-4-9(13)11(10(14)5-6)7(2)8(3)12/h6-8,12H,4-5H2,1-3H3. The number of hydrogen-bond donors (Lipinski definition) is 1. The average molecular weight is 199 g/mol. The first-order chi connectivity index (χ1) is 6.43. The quantitative estimate of drug-likeness (QED) is 0.660. The van der Waals surface area contributed by atoms with Crippen LogP contribution in [0.3, 0.4) is 0 Å². The highest BCUT2D eigenvalue weighted by molar-refractivity contribution is 5.98. The number of rotatable bonds is 2. The maximum absolute atomic E-state index is 11.6. The van der Waals surface area contributed by atoms with E-state index >= 15 is 0 Å². The van der Waals surface area contributed by atoms with E-state index in [1.54, 1.807) is 13.8 Å². The van der Waals surface area contributed by atoms with Crippen molar-refractivity contribution in [3.8, 4) is 0 Å². The lowest BCUT2D eigenvalue weighted by molar-refractivity contribution is -0.154. The van der Waals surface area contributed by atoms with Gasteiger partial charge in [-0.2, -0.15) is 0 Å². The third kappa shape index (κ3) is 2.12. The molecule has 0 bridgehead atoms. The molecule has 2 amide bonds. The van der Waals surface area contributed by atoms with Crippen molar-refractivity contribution in [3.63, 3.8) is 0 Å². The Morgan fingerprint density at radius 2 is 1.71 bits per heavy atom. The fourth-order valence-electron chi connectivity index (χ4n) is 1.67. The molecule has 1 saturated heterocycles. The molecule has 1 aliphatic rings. The molecule has 2 atom stereocenters. The Morgan fingerprint density at radius 3 is 2.07 bits per heavy atom. The van der Waals surface area contributed by atoms with E-state index in [1.807, 2.05) is 6.92 Å². The first-order valence-corrected chi connectivity index (χ1v) is 4.96. The van der Waals surface area contributed by atoms with Crippen LogP contribution in [0.5, 0.6) is 0 Å². The van der Waals surface area contributed by atoms with Crippen LogP contribution in [0.1, 0.15) is 33.6 Å². The summed E-state index contributed by atoms with van der Waals surface area (Å²) in [4.78, 5) is 24.3. The number of amides is 2. The predicted octanol–water partition coefficient (Wildman–Crippen LogP) is 0.541. The lowest BCUT2D eigenvalue weighted by atomic mass is 9.96. The molecule has 4 heteroatoms. The zero-order valence-corrected chi connectivity index (χ0v) is 8.86. The minimum atomic E-state index is -0.670. The fourth-order valence-corrected chi connectivity index (χ4v) is 1.67. The molecule has 0 aromatic rings.